The number of rotatable bonds is 5. The summed E-state index contributed by atoms with van der Waals surface area (Å²) in [6, 6.07) is 4.79. The third-order valence-electron chi connectivity index (χ3n) is 4.38. The Bertz CT molecular complexity index is 449. The van der Waals surface area contributed by atoms with Crippen LogP contribution in [-0.2, 0) is 11.2 Å². The molecule has 1 unspecified atom stereocenters. The van der Waals surface area contributed by atoms with E-state index in [-0.39, 0.29) is 17.5 Å². The van der Waals surface area contributed by atoms with Crippen LogP contribution >= 0.6 is 15.9 Å². The summed E-state index contributed by atoms with van der Waals surface area (Å²) in [4.78, 5) is 0. The van der Waals surface area contributed by atoms with Crippen LogP contribution in [0.15, 0.2) is 22.7 Å². The maximum Gasteiger partial charge on any atom is 0.124 e. The first-order valence-electron chi connectivity index (χ1n) is 7.06. The summed E-state index contributed by atoms with van der Waals surface area (Å²) >= 11 is 3.42. The van der Waals surface area contributed by atoms with E-state index in [1.165, 1.54) is 18.6 Å². The highest BCUT2D eigenvalue weighted by molar-refractivity contribution is 9.10. The summed E-state index contributed by atoms with van der Waals surface area (Å²) < 4.78 is 19.8. The number of hydrogen-bond donors (Lipinski definition) is 2. The lowest BCUT2D eigenvalue weighted by Gasteiger charge is -2.42. The quantitative estimate of drug-likeness (QED) is 0.636. The van der Waals surface area contributed by atoms with E-state index in [4.69, 9.17) is 10.6 Å². The van der Waals surface area contributed by atoms with Crippen molar-refractivity contribution in [3.63, 3.8) is 0 Å². The van der Waals surface area contributed by atoms with Gasteiger partial charge in [-0.15, -0.1) is 0 Å². The van der Waals surface area contributed by atoms with Crippen molar-refractivity contribution in [2.75, 3.05) is 7.11 Å². The Labute approximate surface area is 128 Å². The summed E-state index contributed by atoms with van der Waals surface area (Å²) in [6.45, 7) is 0. The molecule has 2 rings (SSSR count). The standard InChI is InChI=1S/C15H22BrFN2O/c1-20-15(7-3-2-4-8-15)14(19-18)9-11-5-6-12(17)10-13(11)16/h5-6,10,14,19H,2-4,7-9,18H2,1H3. The lowest BCUT2D eigenvalue weighted by molar-refractivity contribution is -0.0674. The molecule has 1 aliphatic carbocycles. The zero-order valence-corrected chi connectivity index (χ0v) is 13.4. The van der Waals surface area contributed by atoms with Gasteiger partial charge in [0, 0.05) is 11.6 Å². The molecule has 3 nitrogen and oxygen atoms in total. The number of nitrogens with two attached hydrogens (primary N) is 1. The zero-order chi connectivity index (χ0) is 14.6. The van der Waals surface area contributed by atoms with Gasteiger partial charge in [-0.2, -0.15) is 0 Å². The monoisotopic (exact) mass is 344 g/mol. The van der Waals surface area contributed by atoms with Crippen molar-refractivity contribution in [2.24, 2.45) is 5.84 Å². The molecule has 0 bridgehead atoms. The van der Waals surface area contributed by atoms with E-state index in [0.29, 0.717) is 6.42 Å². The molecule has 1 aromatic rings. The Morgan fingerprint density at radius 1 is 1.40 bits per heavy atom. The molecule has 3 N–H and O–H groups in total. The second kappa shape index (κ2) is 6.98. The van der Waals surface area contributed by atoms with Crippen LogP contribution in [0.2, 0.25) is 0 Å². The Balaban J connectivity index is 2.18. The Morgan fingerprint density at radius 2 is 2.10 bits per heavy atom. The molecule has 20 heavy (non-hydrogen) atoms. The van der Waals surface area contributed by atoms with Crippen LogP contribution in [0, 0.1) is 5.82 Å². The fourth-order valence-electron chi connectivity index (χ4n) is 3.15. The molecule has 5 heteroatoms. The van der Waals surface area contributed by atoms with Gasteiger partial charge in [0.25, 0.3) is 0 Å². The average molecular weight is 345 g/mol. The average Bonchev–Trinajstić information content (AvgIpc) is 2.47. The van der Waals surface area contributed by atoms with Crippen molar-refractivity contribution in [2.45, 2.75) is 50.2 Å². The van der Waals surface area contributed by atoms with Crippen molar-refractivity contribution in [1.29, 1.82) is 0 Å². The van der Waals surface area contributed by atoms with Crippen molar-refractivity contribution < 1.29 is 9.13 Å². The number of halogens is 2. The summed E-state index contributed by atoms with van der Waals surface area (Å²) in [6.07, 6.45) is 6.31. The predicted molar refractivity (Wildman–Crippen MR) is 81.7 cm³/mol. The van der Waals surface area contributed by atoms with Crippen LogP contribution < -0.4 is 11.3 Å². The molecule has 1 aromatic carbocycles. The van der Waals surface area contributed by atoms with E-state index in [1.54, 1.807) is 13.2 Å². The van der Waals surface area contributed by atoms with E-state index in [9.17, 15) is 4.39 Å². The highest BCUT2D eigenvalue weighted by atomic mass is 79.9. The van der Waals surface area contributed by atoms with Crippen molar-refractivity contribution >= 4 is 15.9 Å². The first kappa shape index (κ1) is 15.9. The molecule has 1 aliphatic rings. The van der Waals surface area contributed by atoms with Gasteiger partial charge in [0.1, 0.15) is 5.82 Å². The fourth-order valence-corrected chi connectivity index (χ4v) is 3.66. The van der Waals surface area contributed by atoms with Crippen molar-refractivity contribution in [1.82, 2.24) is 5.43 Å². The van der Waals surface area contributed by atoms with E-state index < -0.39 is 0 Å². The number of benzene rings is 1. The van der Waals surface area contributed by atoms with Crippen LogP contribution in [0.3, 0.4) is 0 Å². The van der Waals surface area contributed by atoms with Gasteiger partial charge in [-0.25, -0.2) is 4.39 Å². The lowest BCUT2D eigenvalue weighted by Crippen LogP contribution is -2.56. The van der Waals surface area contributed by atoms with Gasteiger partial charge in [-0.05, 0) is 37.0 Å². The Hall–Kier alpha value is -0.490. The van der Waals surface area contributed by atoms with Crippen LogP contribution in [0.5, 0.6) is 0 Å². The number of hydrazine groups is 1. The van der Waals surface area contributed by atoms with E-state index in [0.717, 1.165) is 35.7 Å². The largest absolute Gasteiger partial charge is 0.377 e. The molecular weight excluding hydrogens is 323 g/mol. The Morgan fingerprint density at radius 3 is 2.65 bits per heavy atom. The lowest BCUT2D eigenvalue weighted by atomic mass is 9.77. The van der Waals surface area contributed by atoms with Gasteiger partial charge in [-0.1, -0.05) is 41.3 Å². The fraction of sp³-hybridized carbons (Fsp3) is 0.600. The molecule has 0 aliphatic heterocycles. The minimum Gasteiger partial charge on any atom is -0.377 e. The third kappa shape index (κ3) is 3.39. The van der Waals surface area contributed by atoms with Crippen LogP contribution in [0.1, 0.15) is 37.7 Å². The van der Waals surface area contributed by atoms with Gasteiger partial charge < -0.3 is 4.74 Å². The Kier molecular flexibility index (Phi) is 5.55. The second-order valence-electron chi connectivity index (χ2n) is 5.49. The van der Waals surface area contributed by atoms with Crippen molar-refractivity contribution in [3.05, 3.63) is 34.1 Å². The van der Waals surface area contributed by atoms with Crippen molar-refractivity contribution in [3.8, 4) is 0 Å². The molecule has 0 aromatic heterocycles. The minimum atomic E-state index is -0.239. The SMILES string of the molecule is COC1(C(Cc2ccc(F)cc2Br)NN)CCCCC1. The van der Waals surface area contributed by atoms with Gasteiger partial charge in [-0.3, -0.25) is 11.3 Å². The molecule has 0 radical (unpaired) electrons. The topological polar surface area (TPSA) is 47.3 Å². The molecule has 0 amide bonds. The highest BCUT2D eigenvalue weighted by Gasteiger charge is 2.39. The summed E-state index contributed by atoms with van der Waals surface area (Å²) in [5.41, 5.74) is 3.73. The zero-order valence-electron chi connectivity index (χ0n) is 11.8. The number of nitrogens with one attached hydrogen (secondary N) is 1. The summed E-state index contributed by atoms with van der Waals surface area (Å²) in [7, 11) is 1.76. The molecule has 1 fully saturated rings. The number of methoxy groups -OCH3 is 1. The molecule has 0 spiro atoms. The molecular formula is C15H22BrFN2O. The maximum absolute atomic E-state index is 13.2. The van der Waals surface area contributed by atoms with Crippen LogP contribution in [-0.4, -0.2) is 18.8 Å². The highest BCUT2D eigenvalue weighted by Crippen LogP contribution is 2.35. The number of hydrogen-bond acceptors (Lipinski definition) is 3. The van der Waals surface area contributed by atoms with E-state index in [1.807, 2.05) is 0 Å². The molecule has 1 saturated carbocycles. The normalized spacial score (nSPS) is 19.8. The molecule has 112 valence electrons. The minimum absolute atomic E-state index is 0.0227. The second-order valence-corrected chi connectivity index (χ2v) is 6.34. The molecule has 1 atom stereocenters. The number of ether oxygens (including phenoxy) is 1. The molecule has 0 heterocycles. The summed E-state index contributed by atoms with van der Waals surface area (Å²) in [5.74, 6) is 5.53. The summed E-state index contributed by atoms with van der Waals surface area (Å²) in [5, 5.41) is 0. The van der Waals surface area contributed by atoms with Gasteiger partial charge in [0.2, 0.25) is 0 Å². The first-order valence-corrected chi connectivity index (χ1v) is 7.86. The van der Waals surface area contributed by atoms with Gasteiger partial charge in [0.15, 0.2) is 0 Å². The van der Waals surface area contributed by atoms with E-state index in [2.05, 4.69) is 21.4 Å². The molecule has 0 saturated heterocycles. The smallest absolute Gasteiger partial charge is 0.124 e. The predicted octanol–water partition coefficient (Wildman–Crippen LogP) is 3.31. The van der Waals surface area contributed by atoms with E-state index >= 15 is 0 Å². The van der Waals surface area contributed by atoms with Gasteiger partial charge >= 0.3 is 0 Å². The maximum atomic E-state index is 13.2. The van der Waals surface area contributed by atoms with Crippen LogP contribution in [0.4, 0.5) is 4.39 Å². The van der Waals surface area contributed by atoms with Gasteiger partial charge in [0.05, 0.1) is 11.6 Å². The van der Waals surface area contributed by atoms with Crippen LogP contribution in [0.25, 0.3) is 0 Å². The third-order valence-corrected chi connectivity index (χ3v) is 5.12. The first-order chi connectivity index (χ1) is 9.61.